The number of morpholine rings is 1. The minimum atomic E-state index is 0.148. The third-order valence-electron chi connectivity index (χ3n) is 5.99. The van der Waals surface area contributed by atoms with Crippen molar-refractivity contribution in [3.05, 3.63) is 71.6 Å². The predicted octanol–water partition coefficient (Wildman–Crippen LogP) is 4.21. The Morgan fingerprint density at radius 2 is 1.42 bits per heavy atom. The van der Waals surface area contributed by atoms with Gasteiger partial charge < -0.3 is 19.4 Å². The molecule has 0 aliphatic carbocycles. The van der Waals surface area contributed by atoms with E-state index in [0.29, 0.717) is 0 Å². The monoisotopic (exact) mass is 433 g/mol. The summed E-state index contributed by atoms with van der Waals surface area (Å²) < 4.78 is 5.55. The van der Waals surface area contributed by atoms with Crippen LogP contribution in [0.25, 0.3) is 11.1 Å². The average Bonchev–Trinajstić information content (AvgIpc) is 3.31. The lowest BCUT2D eigenvalue weighted by molar-refractivity contribution is 0.0751. The lowest BCUT2D eigenvalue weighted by Gasteiger charge is -2.36. The van der Waals surface area contributed by atoms with E-state index in [4.69, 9.17) is 4.74 Å². The van der Waals surface area contributed by atoms with Gasteiger partial charge in [0.05, 0.1) is 23.1 Å². The maximum absolute atomic E-state index is 13.4. The highest BCUT2D eigenvalue weighted by Crippen LogP contribution is 2.40. The summed E-state index contributed by atoms with van der Waals surface area (Å²) in [7, 11) is 0. The largest absolute Gasteiger partial charge is 0.378 e. The van der Waals surface area contributed by atoms with Crippen molar-refractivity contribution in [2.75, 3.05) is 62.3 Å². The molecule has 2 saturated heterocycles. The number of ether oxygens (including phenoxy) is 1. The van der Waals surface area contributed by atoms with Gasteiger partial charge in [0, 0.05) is 50.5 Å². The summed E-state index contributed by atoms with van der Waals surface area (Å²) in [5.74, 6) is 0.148. The van der Waals surface area contributed by atoms with E-state index in [2.05, 4.69) is 64.4 Å². The molecule has 2 aromatic carbocycles. The smallest absolute Gasteiger partial charge is 0.264 e. The van der Waals surface area contributed by atoms with Crippen molar-refractivity contribution in [1.82, 2.24) is 4.90 Å². The number of nitrogens with zero attached hydrogens (tertiary/aromatic N) is 3. The molecule has 6 heteroatoms. The zero-order chi connectivity index (χ0) is 21.0. The van der Waals surface area contributed by atoms with Crippen LogP contribution >= 0.6 is 11.3 Å². The zero-order valence-electron chi connectivity index (χ0n) is 17.6. The first kappa shape index (κ1) is 20.1. The minimum absolute atomic E-state index is 0.148. The van der Waals surface area contributed by atoms with Crippen LogP contribution in [0.5, 0.6) is 0 Å². The van der Waals surface area contributed by atoms with Crippen LogP contribution in [0.15, 0.2) is 66.7 Å². The van der Waals surface area contributed by atoms with Gasteiger partial charge in [-0.05, 0) is 23.8 Å². The van der Waals surface area contributed by atoms with Crippen LogP contribution < -0.4 is 9.80 Å². The third-order valence-corrected chi connectivity index (χ3v) is 7.18. The van der Waals surface area contributed by atoms with Crippen molar-refractivity contribution < 1.29 is 9.53 Å². The van der Waals surface area contributed by atoms with Crippen LogP contribution in [0.3, 0.4) is 0 Å². The van der Waals surface area contributed by atoms with Gasteiger partial charge >= 0.3 is 0 Å². The van der Waals surface area contributed by atoms with E-state index in [1.807, 2.05) is 17.0 Å². The number of benzene rings is 2. The lowest BCUT2D eigenvalue weighted by atomic mass is 10.1. The summed E-state index contributed by atoms with van der Waals surface area (Å²) in [6.45, 7) is 6.42. The second kappa shape index (κ2) is 9.12. The molecule has 1 amide bonds. The summed E-state index contributed by atoms with van der Waals surface area (Å²) in [5, 5.41) is 1.18. The molecule has 0 N–H and O–H groups in total. The van der Waals surface area contributed by atoms with Gasteiger partial charge in [0.2, 0.25) is 0 Å². The molecule has 2 aliphatic heterocycles. The van der Waals surface area contributed by atoms with E-state index in [-0.39, 0.29) is 5.91 Å². The van der Waals surface area contributed by atoms with E-state index in [9.17, 15) is 4.79 Å². The fraction of sp³-hybridized carbons (Fsp3) is 0.320. The molecule has 0 radical (unpaired) electrons. The Kier molecular flexibility index (Phi) is 5.91. The second-order valence-corrected chi connectivity index (χ2v) is 8.94. The zero-order valence-corrected chi connectivity index (χ0v) is 18.4. The average molecular weight is 434 g/mol. The Labute approximate surface area is 187 Å². The molecular weight excluding hydrogens is 406 g/mol. The maximum Gasteiger partial charge on any atom is 0.264 e. The molecule has 2 fully saturated rings. The number of carbonyl (C=O) groups is 1. The highest BCUT2D eigenvalue weighted by molar-refractivity contribution is 7.18. The Bertz CT molecular complexity index is 1010. The van der Waals surface area contributed by atoms with E-state index in [0.717, 1.165) is 68.5 Å². The van der Waals surface area contributed by atoms with Crippen LogP contribution in [0.2, 0.25) is 0 Å². The SMILES string of the molecule is O=C(c1cc(-c2ccccc2)c(N2CCOCC2)s1)N1CCN(c2ccccc2)CC1. The highest BCUT2D eigenvalue weighted by Gasteiger charge is 2.27. The van der Waals surface area contributed by atoms with Crippen LogP contribution in [0, 0.1) is 0 Å². The molecule has 0 saturated carbocycles. The molecule has 2 aliphatic rings. The second-order valence-electron chi connectivity index (χ2n) is 7.91. The first-order valence-electron chi connectivity index (χ1n) is 10.9. The minimum Gasteiger partial charge on any atom is -0.378 e. The molecule has 5 rings (SSSR count). The number of hydrogen-bond acceptors (Lipinski definition) is 5. The van der Waals surface area contributed by atoms with Crippen molar-refractivity contribution >= 4 is 27.9 Å². The van der Waals surface area contributed by atoms with E-state index >= 15 is 0 Å². The molecule has 160 valence electrons. The Morgan fingerprint density at radius 3 is 2.10 bits per heavy atom. The van der Waals surface area contributed by atoms with Gasteiger partial charge in [0.15, 0.2) is 0 Å². The van der Waals surface area contributed by atoms with Gasteiger partial charge in [-0.25, -0.2) is 0 Å². The van der Waals surface area contributed by atoms with Crippen LogP contribution in [-0.2, 0) is 4.74 Å². The number of para-hydroxylation sites is 1. The molecular formula is C25H27N3O2S. The molecule has 0 spiro atoms. The van der Waals surface area contributed by atoms with Crippen molar-refractivity contribution in [1.29, 1.82) is 0 Å². The normalized spacial score (nSPS) is 17.1. The summed E-state index contributed by atoms with van der Waals surface area (Å²) in [6.07, 6.45) is 0. The Balaban J connectivity index is 1.36. The first-order valence-corrected chi connectivity index (χ1v) is 11.7. The standard InChI is InChI=1S/C25H27N3O2S/c29-24(27-13-11-26(12-14-27)21-9-5-2-6-10-21)23-19-22(20-7-3-1-4-8-20)25(31-23)28-15-17-30-18-16-28/h1-10,19H,11-18H2. The lowest BCUT2D eigenvalue weighted by Crippen LogP contribution is -2.48. The molecule has 3 heterocycles. The van der Waals surface area contributed by atoms with Crippen molar-refractivity contribution in [3.8, 4) is 11.1 Å². The summed E-state index contributed by atoms with van der Waals surface area (Å²) in [5.41, 5.74) is 3.54. The van der Waals surface area contributed by atoms with Crippen molar-refractivity contribution in [2.45, 2.75) is 0 Å². The summed E-state index contributed by atoms with van der Waals surface area (Å²) >= 11 is 1.63. The van der Waals surface area contributed by atoms with Gasteiger partial charge in [-0.15, -0.1) is 11.3 Å². The van der Waals surface area contributed by atoms with Gasteiger partial charge in [-0.1, -0.05) is 48.5 Å². The van der Waals surface area contributed by atoms with Gasteiger partial charge in [0.1, 0.15) is 0 Å². The Hall–Kier alpha value is -2.83. The number of thiophene rings is 1. The molecule has 3 aromatic rings. The third kappa shape index (κ3) is 4.31. The number of anilines is 2. The van der Waals surface area contributed by atoms with Crippen molar-refractivity contribution in [2.24, 2.45) is 0 Å². The molecule has 0 bridgehead atoms. The summed E-state index contributed by atoms with van der Waals surface area (Å²) in [4.78, 5) is 20.9. The van der Waals surface area contributed by atoms with Crippen LogP contribution in [0.4, 0.5) is 10.7 Å². The fourth-order valence-electron chi connectivity index (χ4n) is 4.28. The Morgan fingerprint density at radius 1 is 0.774 bits per heavy atom. The summed E-state index contributed by atoms with van der Waals surface area (Å²) in [6, 6.07) is 22.9. The molecule has 0 atom stereocenters. The number of hydrogen-bond donors (Lipinski definition) is 0. The predicted molar refractivity (Wildman–Crippen MR) is 127 cm³/mol. The van der Waals surface area contributed by atoms with E-state index in [1.54, 1.807) is 11.3 Å². The van der Waals surface area contributed by atoms with Gasteiger partial charge in [-0.3, -0.25) is 4.79 Å². The topological polar surface area (TPSA) is 36.0 Å². The van der Waals surface area contributed by atoms with Gasteiger partial charge in [0.25, 0.3) is 5.91 Å². The van der Waals surface area contributed by atoms with E-state index in [1.165, 1.54) is 10.7 Å². The molecule has 1 aromatic heterocycles. The van der Waals surface area contributed by atoms with E-state index < -0.39 is 0 Å². The molecule has 31 heavy (non-hydrogen) atoms. The maximum atomic E-state index is 13.4. The quantitative estimate of drug-likeness (QED) is 0.617. The highest BCUT2D eigenvalue weighted by atomic mass is 32.1. The van der Waals surface area contributed by atoms with Crippen LogP contribution in [0.1, 0.15) is 9.67 Å². The molecule has 5 nitrogen and oxygen atoms in total. The van der Waals surface area contributed by atoms with Gasteiger partial charge in [-0.2, -0.15) is 0 Å². The molecule has 0 unspecified atom stereocenters. The van der Waals surface area contributed by atoms with Crippen molar-refractivity contribution in [3.63, 3.8) is 0 Å². The number of piperazine rings is 1. The number of amides is 1. The number of carbonyl (C=O) groups excluding carboxylic acids is 1. The fourth-order valence-corrected chi connectivity index (χ4v) is 5.47. The number of rotatable bonds is 4. The van der Waals surface area contributed by atoms with Crippen LogP contribution in [-0.4, -0.2) is 63.3 Å². The first-order chi connectivity index (χ1) is 15.3.